The monoisotopic (exact) mass is 506 g/mol. The van der Waals surface area contributed by atoms with Gasteiger partial charge in [0.2, 0.25) is 5.91 Å². The van der Waals surface area contributed by atoms with Crippen molar-refractivity contribution in [3.05, 3.63) is 70.8 Å². The first-order valence-electron chi connectivity index (χ1n) is 13.0. The molecule has 2 aromatic carbocycles. The highest BCUT2D eigenvalue weighted by molar-refractivity contribution is 5.91. The number of likely N-dealkylation sites (tertiary alicyclic amines) is 2. The van der Waals surface area contributed by atoms with Crippen LogP contribution in [-0.2, 0) is 10.2 Å². The summed E-state index contributed by atoms with van der Waals surface area (Å²) in [6.07, 6.45) is 5.66. The van der Waals surface area contributed by atoms with Crippen LogP contribution in [0.4, 0.5) is 14.5 Å². The number of hydrogen-bond acceptors (Lipinski definition) is 5. The standard InChI is InChI=1S/C29H32F2N4O2/c30-23-14-20(15-24(31)16-23)4-5-27(37)35-10-6-21(7-11-35)26(36)18-34-12-8-29(9-13-34)19-33-25-3-1-2-22(17-32)28(25)29/h1-5,14-16,21,26,33,36H,6-13,18-19H2/b5-4+. The topological polar surface area (TPSA) is 79.6 Å². The van der Waals surface area contributed by atoms with Crippen molar-refractivity contribution in [1.82, 2.24) is 9.80 Å². The Morgan fingerprint density at radius 2 is 1.86 bits per heavy atom. The van der Waals surface area contributed by atoms with Crippen LogP contribution in [-0.4, -0.2) is 66.2 Å². The molecule has 1 unspecified atom stereocenters. The molecule has 2 aromatic rings. The smallest absolute Gasteiger partial charge is 0.246 e. The van der Waals surface area contributed by atoms with Crippen molar-refractivity contribution < 1.29 is 18.7 Å². The molecular weight excluding hydrogens is 474 g/mol. The summed E-state index contributed by atoms with van der Waals surface area (Å²) in [7, 11) is 0. The van der Waals surface area contributed by atoms with Crippen molar-refractivity contribution in [1.29, 1.82) is 5.26 Å². The van der Waals surface area contributed by atoms with Crippen LogP contribution in [0.5, 0.6) is 0 Å². The zero-order valence-corrected chi connectivity index (χ0v) is 20.8. The molecule has 1 spiro atoms. The van der Waals surface area contributed by atoms with Gasteiger partial charge < -0.3 is 20.2 Å². The number of piperidine rings is 2. The minimum atomic E-state index is -0.678. The molecule has 0 aromatic heterocycles. The number of carbonyl (C=O) groups excluding carboxylic acids is 1. The summed E-state index contributed by atoms with van der Waals surface area (Å²) >= 11 is 0. The fraction of sp³-hybridized carbons (Fsp3) is 0.448. The van der Waals surface area contributed by atoms with Gasteiger partial charge in [-0.05, 0) is 80.6 Å². The number of anilines is 1. The number of carbonyl (C=O) groups is 1. The molecule has 0 radical (unpaired) electrons. The van der Waals surface area contributed by atoms with E-state index in [-0.39, 0.29) is 17.2 Å². The van der Waals surface area contributed by atoms with Crippen LogP contribution in [0.25, 0.3) is 6.08 Å². The molecule has 6 nitrogen and oxygen atoms in total. The van der Waals surface area contributed by atoms with Gasteiger partial charge in [-0.1, -0.05) is 6.07 Å². The minimum Gasteiger partial charge on any atom is -0.392 e. The molecule has 0 saturated carbocycles. The lowest BCUT2D eigenvalue weighted by atomic mass is 9.72. The van der Waals surface area contributed by atoms with Crippen molar-refractivity contribution in [3.63, 3.8) is 0 Å². The Hall–Kier alpha value is -3.28. The lowest BCUT2D eigenvalue weighted by Gasteiger charge is -2.41. The fourth-order valence-corrected chi connectivity index (χ4v) is 6.17. The van der Waals surface area contributed by atoms with E-state index < -0.39 is 17.7 Å². The number of nitrogens with zero attached hydrogens (tertiary/aromatic N) is 3. The van der Waals surface area contributed by atoms with Gasteiger partial charge in [-0.3, -0.25) is 4.79 Å². The quantitative estimate of drug-likeness (QED) is 0.602. The lowest BCUT2D eigenvalue weighted by Crippen LogP contribution is -2.48. The van der Waals surface area contributed by atoms with Crippen LogP contribution in [0.2, 0.25) is 0 Å². The van der Waals surface area contributed by atoms with Gasteiger partial charge in [-0.15, -0.1) is 0 Å². The van der Waals surface area contributed by atoms with Gasteiger partial charge in [0.25, 0.3) is 0 Å². The highest BCUT2D eigenvalue weighted by Gasteiger charge is 2.43. The van der Waals surface area contributed by atoms with E-state index in [4.69, 9.17) is 0 Å². The molecule has 2 N–H and O–H groups in total. The molecule has 0 aliphatic carbocycles. The number of fused-ring (bicyclic) bond motifs is 2. The molecule has 1 atom stereocenters. The average molecular weight is 507 g/mol. The largest absolute Gasteiger partial charge is 0.392 e. The van der Waals surface area contributed by atoms with Crippen LogP contribution in [0, 0.1) is 28.9 Å². The third-order valence-corrected chi connectivity index (χ3v) is 8.29. The normalized spacial score (nSPS) is 20.5. The van der Waals surface area contributed by atoms with Crippen molar-refractivity contribution in [2.75, 3.05) is 44.6 Å². The predicted molar refractivity (Wildman–Crippen MR) is 138 cm³/mol. The van der Waals surface area contributed by atoms with Gasteiger partial charge >= 0.3 is 0 Å². The van der Waals surface area contributed by atoms with E-state index in [0.29, 0.717) is 25.2 Å². The summed E-state index contributed by atoms with van der Waals surface area (Å²) in [5.74, 6) is -1.42. The van der Waals surface area contributed by atoms with E-state index in [2.05, 4.69) is 22.4 Å². The average Bonchev–Trinajstić information content (AvgIpc) is 3.26. The molecule has 1 amide bonds. The number of halogens is 2. The number of nitrogens with one attached hydrogen (secondary N) is 1. The van der Waals surface area contributed by atoms with Crippen LogP contribution < -0.4 is 5.32 Å². The van der Waals surface area contributed by atoms with Crippen molar-refractivity contribution in [2.24, 2.45) is 5.92 Å². The second-order valence-electron chi connectivity index (χ2n) is 10.5. The highest BCUT2D eigenvalue weighted by Crippen LogP contribution is 2.45. The summed E-state index contributed by atoms with van der Waals surface area (Å²) < 4.78 is 26.7. The van der Waals surface area contributed by atoms with Gasteiger partial charge in [-0.2, -0.15) is 5.26 Å². The molecule has 8 heteroatoms. The minimum absolute atomic E-state index is 0.0143. The first-order valence-corrected chi connectivity index (χ1v) is 13.0. The number of nitriles is 1. The Balaban J connectivity index is 1.10. The van der Waals surface area contributed by atoms with Crippen LogP contribution in [0.3, 0.4) is 0 Å². The number of aliphatic hydroxyl groups excluding tert-OH is 1. The lowest BCUT2D eigenvalue weighted by molar-refractivity contribution is -0.128. The number of hydrogen-bond donors (Lipinski definition) is 2. The van der Waals surface area contributed by atoms with Crippen molar-refractivity contribution in [2.45, 2.75) is 37.2 Å². The second-order valence-corrected chi connectivity index (χ2v) is 10.5. The van der Waals surface area contributed by atoms with Gasteiger partial charge in [-0.25, -0.2) is 8.78 Å². The maximum absolute atomic E-state index is 13.4. The Labute approximate surface area is 216 Å². The summed E-state index contributed by atoms with van der Waals surface area (Å²) in [5, 5.41) is 24.1. The van der Waals surface area contributed by atoms with Gasteiger partial charge in [0.05, 0.1) is 17.7 Å². The molecule has 37 heavy (non-hydrogen) atoms. The molecule has 3 aliphatic rings. The van der Waals surface area contributed by atoms with Crippen molar-refractivity contribution >= 4 is 17.7 Å². The first-order chi connectivity index (χ1) is 17.9. The number of amides is 1. The van der Waals surface area contributed by atoms with E-state index in [1.54, 1.807) is 4.90 Å². The molecule has 0 bridgehead atoms. The summed E-state index contributed by atoms with van der Waals surface area (Å²) in [6, 6.07) is 11.4. The Morgan fingerprint density at radius 3 is 2.54 bits per heavy atom. The Bertz CT molecular complexity index is 1200. The highest BCUT2D eigenvalue weighted by atomic mass is 19.1. The molecular formula is C29H32F2N4O2. The van der Waals surface area contributed by atoms with Crippen LogP contribution in [0.1, 0.15) is 42.4 Å². The third-order valence-electron chi connectivity index (χ3n) is 8.29. The molecule has 5 rings (SSSR count). The fourth-order valence-electron chi connectivity index (χ4n) is 6.17. The summed E-state index contributed by atoms with van der Waals surface area (Å²) in [5.41, 5.74) is 3.29. The zero-order valence-electron chi connectivity index (χ0n) is 20.8. The Morgan fingerprint density at radius 1 is 1.16 bits per heavy atom. The van der Waals surface area contributed by atoms with Gasteiger partial charge in [0.1, 0.15) is 11.6 Å². The molecule has 3 heterocycles. The molecule has 3 aliphatic heterocycles. The molecule has 2 saturated heterocycles. The maximum Gasteiger partial charge on any atom is 0.246 e. The van der Waals surface area contributed by atoms with E-state index in [0.717, 1.165) is 68.2 Å². The second kappa shape index (κ2) is 10.6. The van der Waals surface area contributed by atoms with Crippen molar-refractivity contribution in [3.8, 4) is 6.07 Å². The Kier molecular flexibility index (Phi) is 7.27. The van der Waals surface area contributed by atoms with E-state index >= 15 is 0 Å². The van der Waals surface area contributed by atoms with E-state index in [1.165, 1.54) is 24.3 Å². The first kappa shape index (κ1) is 25.4. The zero-order chi connectivity index (χ0) is 26.0. The van der Waals surface area contributed by atoms with Crippen LogP contribution >= 0.6 is 0 Å². The van der Waals surface area contributed by atoms with E-state index in [9.17, 15) is 23.9 Å². The number of benzene rings is 2. The third kappa shape index (κ3) is 5.39. The molecule has 2 fully saturated rings. The molecule has 194 valence electrons. The predicted octanol–water partition coefficient (Wildman–Crippen LogP) is 3.91. The number of β-amino-alcohol motifs (C(OH)–C–C–N with tert-alkyl or cyclic N) is 1. The maximum atomic E-state index is 13.4. The van der Waals surface area contributed by atoms with E-state index in [1.807, 2.05) is 12.1 Å². The van der Waals surface area contributed by atoms with Gasteiger partial charge in [0.15, 0.2) is 0 Å². The SMILES string of the molecule is N#Cc1cccc2c1C1(CCN(CC(O)C3CCN(C(=O)/C=C/c4cc(F)cc(F)c4)CC3)CC1)CN2. The van der Waals surface area contributed by atoms with Crippen LogP contribution in [0.15, 0.2) is 42.5 Å². The summed E-state index contributed by atoms with van der Waals surface area (Å²) in [6.45, 7) is 4.31. The summed E-state index contributed by atoms with van der Waals surface area (Å²) in [4.78, 5) is 16.6. The van der Waals surface area contributed by atoms with Gasteiger partial charge in [0, 0.05) is 55.0 Å². The number of rotatable bonds is 5. The number of aliphatic hydroxyl groups is 1.